The molecule has 0 saturated heterocycles. The molecular formula is C48H100CoO6P2. The van der Waals surface area contributed by atoms with Gasteiger partial charge in [-0.15, -0.1) is 0 Å². The molecule has 0 bridgehead atoms. The molecule has 9 heteroatoms. The molecule has 0 N–H and O–H groups in total. The van der Waals surface area contributed by atoms with E-state index in [2.05, 4.69) is 27.7 Å². The van der Waals surface area contributed by atoms with Gasteiger partial charge < -0.3 is 28.0 Å². The van der Waals surface area contributed by atoms with E-state index in [0.29, 0.717) is 13.2 Å². The average Bonchev–Trinajstić information content (AvgIpc) is 3.17. The molecule has 1 radical (unpaired) electrons. The molecule has 0 aliphatic carbocycles. The van der Waals surface area contributed by atoms with Crippen molar-refractivity contribution in [1.29, 1.82) is 0 Å². The standard InChI is InChI=1S/2C24H51O3P.Co/c2*1-3-5-7-9-11-13-15-17-19-21-23-27-28(25,26)24-22-20-18-16-14-12-10-8-6-4-2;/h2*3-24H2,1-2H3,(H,25,26);/q;;+2/p-2. The van der Waals surface area contributed by atoms with E-state index in [0.717, 1.165) is 64.2 Å². The van der Waals surface area contributed by atoms with Crippen molar-refractivity contribution >= 4 is 15.2 Å². The predicted molar refractivity (Wildman–Crippen MR) is 244 cm³/mol. The van der Waals surface area contributed by atoms with Crippen LogP contribution in [0.5, 0.6) is 0 Å². The van der Waals surface area contributed by atoms with Crippen LogP contribution in [0.1, 0.15) is 285 Å². The van der Waals surface area contributed by atoms with E-state index in [4.69, 9.17) is 9.05 Å². The van der Waals surface area contributed by atoms with Crippen LogP contribution in [0.3, 0.4) is 0 Å². The summed E-state index contributed by atoms with van der Waals surface area (Å²) in [4.78, 5) is 23.9. The maximum atomic E-state index is 11.9. The van der Waals surface area contributed by atoms with E-state index in [1.54, 1.807) is 0 Å². The van der Waals surface area contributed by atoms with Crippen LogP contribution in [-0.2, 0) is 35.0 Å². The SMILES string of the molecule is CCCCCCCCCCCCOP(=O)([O-])CCCCCCCCCCCC.CCCCCCCCCCCCOP(=O)([O-])CCCCCCCCCCCC.[Co+2]. The molecule has 0 spiro atoms. The molecule has 0 aromatic carbocycles. The molecule has 57 heavy (non-hydrogen) atoms. The Labute approximate surface area is 368 Å². The van der Waals surface area contributed by atoms with Crippen LogP contribution in [-0.4, -0.2) is 25.5 Å². The van der Waals surface area contributed by atoms with Gasteiger partial charge in [0.1, 0.15) is 15.2 Å². The molecule has 0 amide bonds. The first-order chi connectivity index (χ1) is 27.2. The third-order valence-electron chi connectivity index (χ3n) is 11.1. The molecule has 0 aliphatic rings. The maximum absolute atomic E-state index is 11.9. The Morgan fingerprint density at radius 3 is 0.632 bits per heavy atom. The zero-order valence-corrected chi connectivity index (χ0v) is 41.6. The number of hydrogen-bond acceptors (Lipinski definition) is 6. The molecule has 0 fully saturated rings. The Hall–Kier alpha value is 0.806. The summed E-state index contributed by atoms with van der Waals surface area (Å²) >= 11 is 0. The van der Waals surface area contributed by atoms with Crippen LogP contribution in [0.15, 0.2) is 0 Å². The zero-order valence-electron chi connectivity index (χ0n) is 38.8. The minimum Gasteiger partial charge on any atom is -0.778 e. The van der Waals surface area contributed by atoms with Gasteiger partial charge in [0.2, 0.25) is 0 Å². The van der Waals surface area contributed by atoms with Crippen LogP contribution in [0.25, 0.3) is 0 Å². The molecular weight excluding hydrogens is 793 g/mol. The number of rotatable bonds is 46. The molecule has 2 atom stereocenters. The number of hydrogen-bond donors (Lipinski definition) is 0. The monoisotopic (exact) mass is 894 g/mol. The fraction of sp³-hybridized carbons (Fsp3) is 1.00. The van der Waals surface area contributed by atoms with Crippen LogP contribution >= 0.6 is 15.2 Å². The van der Waals surface area contributed by atoms with Gasteiger partial charge >= 0.3 is 16.8 Å². The summed E-state index contributed by atoms with van der Waals surface area (Å²) in [5.74, 6) is 0. The van der Waals surface area contributed by atoms with Gasteiger partial charge in [-0.05, 0) is 25.7 Å². The molecule has 0 saturated carbocycles. The third kappa shape index (κ3) is 56.8. The molecule has 2 unspecified atom stereocenters. The normalized spacial score (nSPS) is 13.4. The molecule has 0 aromatic heterocycles. The third-order valence-corrected chi connectivity index (χ3v) is 14.0. The summed E-state index contributed by atoms with van der Waals surface area (Å²) in [5, 5.41) is 0. The van der Waals surface area contributed by atoms with Crippen LogP contribution in [0, 0.1) is 0 Å². The topological polar surface area (TPSA) is 98.7 Å². The Balaban J connectivity index is -0.00000101. The average molecular weight is 894 g/mol. The second-order valence-corrected chi connectivity index (χ2v) is 20.9. The van der Waals surface area contributed by atoms with E-state index < -0.39 is 15.2 Å². The Morgan fingerprint density at radius 2 is 0.439 bits per heavy atom. The van der Waals surface area contributed by atoms with Crippen LogP contribution < -0.4 is 9.79 Å². The van der Waals surface area contributed by atoms with Gasteiger partial charge in [-0.2, -0.15) is 0 Å². The largest absolute Gasteiger partial charge is 2.00 e. The predicted octanol–water partition coefficient (Wildman–Crippen LogP) is 16.8. The van der Waals surface area contributed by atoms with Gasteiger partial charge in [-0.3, -0.25) is 0 Å². The molecule has 347 valence electrons. The van der Waals surface area contributed by atoms with Crippen molar-refractivity contribution in [2.45, 2.75) is 285 Å². The fourth-order valence-corrected chi connectivity index (χ4v) is 9.60. The zero-order chi connectivity index (χ0) is 41.5. The van der Waals surface area contributed by atoms with Crippen molar-refractivity contribution in [3.05, 3.63) is 0 Å². The first kappa shape index (κ1) is 62.1. The smallest absolute Gasteiger partial charge is 0.778 e. The van der Waals surface area contributed by atoms with Crippen LogP contribution in [0.2, 0.25) is 0 Å². The second-order valence-electron chi connectivity index (χ2n) is 17.1. The van der Waals surface area contributed by atoms with Gasteiger partial charge in [0.15, 0.2) is 0 Å². The van der Waals surface area contributed by atoms with Gasteiger partial charge in [-0.1, -0.05) is 259 Å². The molecule has 0 aromatic rings. The number of unbranched alkanes of at least 4 members (excludes halogenated alkanes) is 36. The summed E-state index contributed by atoms with van der Waals surface area (Å²) in [6.07, 6.45) is 49.9. The van der Waals surface area contributed by atoms with Crippen LogP contribution in [0.4, 0.5) is 0 Å². The van der Waals surface area contributed by atoms with Gasteiger partial charge in [-0.25, -0.2) is 0 Å². The second kappa shape index (κ2) is 51.2. The van der Waals surface area contributed by atoms with E-state index in [1.165, 1.54) is 193 Å². The quantitative estimate of drug-likeness (QED) is 0.0446. The van der Waals surface area contributed by atoms with Crippen molar-refractivity contribution in [2.75, 3.05) is 25.5 Å². The Morgan fingerprint density at radius 1 is 0.281 bits per heavy atom. The first-order valence-corrected chi connectivity index (χ1v) is 28.6. The molecule has 0 heterocycles. The Bertz CT molecular complexity index is 767. The van der Waals surface area contributed by atoms with Gasteiger partial charge in [0.05, 0.1) is 13.2 Å². The van der Waals surface area contributed by atoms with E-state index >= 15 is 0 Å². The summed E-state index contributed by atoms with van der Waals surface area (Å²) in [6.45, 7) is 9.76. The molecule has 0 rings (SSSR count). The molecule has 0 aliphatic heterocycles. The van der Waals surface area contributed by atoms with Gasteiger partial charge in [0, 0.05) is 12.3 Å². The van der Waals surface area contributed by atoms with Crippen molar-refractivity contribution in [3.8, 4) is 0 Å². The van der Waals surface area contributed by atoms with E-state index in [1.807, 2.05) is 0 Å². The summed E-state index contributed by atoms with van der Waals surface area (Å²) < 4.78 is 34.2. The fourth-order valence-electron chi connectivity index (χ4n) is 7.30. The van der Waals surface area contributed by atoms with E-state index in [-0.39, 0.29) is 29.1 Å². The maximum Gasteiger partial charge on any atom is 2.00 e. The minimum atomic E-state index is -3.59. The van der Waals surface area contributed by atoms with Crippen molar-refractivity contribution in [2.24, 2.45) is 0 Å². The van der Waals surface area contributed by atoms with Crippen molar-refractivity contribution in [3.63, 3.8) is 0 Å². The summed E-state index contributed by atoms with van der Waals surface area (Å²) in [6, 6.07) is 0. The first-order valence-electron chi connectivity index (χ1n) is 25.1. The van der Waals surface area contributed by atoms with Crippen molar-refractivity contribution in [1.82, 2.24) is 0 Å². The van der Waals surface area contributed by atoms with E-state index in [9.17, 15) is 18.9 Å². The van der Waals surface area contributed by atoms with Gasteiger partial charge in [0.25, 0.3) is 0 Å². The summed E-state index contributed by atoms with van der Waals surface area (Å²) in [5.41, 5.74) is 0. The Kier molecular flexibility index (Phi) is 55.7. The van der Waals surface area contributed by atoms with Crippen molar-refractivity contribution < 1.29 is 44.7 Å². The minimum absolute atomic E-state index is 0. The molecule has 6 nitrogen and oxygen atoms in total. The summed E-state index contributed by atoms with van der Waals surface area (Å²) in [7, 11) is -7.19.